The summed E-state index contributed by atoms with van der Waals surface area (Å²) in [6, 6.07) is 0. The molecule has 0 unspecified atom stereocenters. The second-order valence-electron chi connectivity index (χ2n) is 0. The molecule has 0 aliphatic carbocycles. The summed E-state index contributed by atoms with van der Waals surface area (Å²) in [6.45, 7) is 23.8. The Balaban J connectivity index is -0.00000000396. The Morgan fingerprint density at radius 3 is 0.533 bits per heavy atom. The molecule has 0 aromatic rings. The van der Waals surface area contributed by atoms with Crippen LogP contribution in [-0.2, 0) is 17.1 Å². The van der Waals surface area contributed by atoms with E-state index in [9.17, 15) is 0 Å². The first kappa shape index (κ1) is 86.5. The molecule has 0 rings (SSSR count). The van der Waals surface area contributed by atoms with Crippen molar-refractivity contribution in [2.24, 2.45) is 0 Å². The van der Waals surface area contributed by atoms with Crippen LogP contribution < -0.4 is 59.1 Å². The van der Waals surface area contributed by atoms with Crippen molar-refractivity contribution < 1.29 is 76.2 Å². The first-order valence-electron chi connectivity index (χ1n) is 1.30. The Morgan fingerprint density at radius 1 is 0.533 bits per heavy atom. The third-order valence-electron chi connectivity index (χ3n) is 0. The molecule has 0 saturated carbocycles. The van der Waals surface area contributed by atoms with E-state index in [1.54, 1.807) is 0 Å². The zero-order valence-electron chi connectivity index (χ0n) is 7.95. The molecular formula is C5FeN6Na2O-2. The molecule has 10 heteroatoms. The zero-order valence-corrected chi connectivity index (χ0v) is 13.0. The topological polar surface area (TPSA) is 158 Å². The van der Waals surface area contributed by atoms with E-state index in [2.05, 4.69) is 0 Å². The molecule has 68 valence electrons. The van der Waals surface area contributed by atoms with Gasteiger partial charge in [-0.3, -0.25) is 0 Å². The van der Waals surface area contributed by atoms with Gasteiger partial charge < -0.3 is 69.7 Å². The Kier molecular flexibility index (Phi) is 66700. The minimum Gasteiger partial charge on any atom is -0.577 e. The van der Waals surface area contributed by atoms with Crippen LogP contribution in [0.4, 0.5) is 0 Å². The second-order valence-corrected chi connectivity index (χ2v) is 0. The van der Waals surface area contributed by atoms with Crippen LogP contribution in [0.3, 0.4) is 0 Å². The Bertz CT molecular complexity index is 98.9. The van der Waals surface area contributed by atoms with E-state index in [1.165, 1.54) is 0 Å². The van der Waals surface area contributed by atoms with Crippen molar-refractivity contribution in [2.45, 2.75) is 0 Å². The summed E-state index contributed by atoms with van der Waals surface area (Å²) in [5, 5.41) is 31.2. The van der Waals surface area contributed by atoms with Crippen molar-refractivity contribution in [1.29, 1.82) is 26.3 Å². The third kappa shape index (κ3) is 9800. The van der Waals surface area contributed by atoms with Gasteiger partial charge in [-0.15, -0.1) is 0 Å². The molecule has 0 fully saturated rings. The maximum absolute atomic E-state index is 7.25. The van der Waals surface area contributed by atoms with Gasteiger partial charge in [-0.1, -0.05) is 0 Å². The van der Waals surface area contributed by atoms with Gasteiger partial charge in [0.25, 0.3) is 0 Å². The molecule has 0 aliphatic heterocycles. The van der Waals surface area contributed by atoms with Gasteiger partial charge in [0.2, 0.25) is 0 Å². The molecule has 0 atom stereocenters. The van der Waals surface area contributed by atoms with Gasteiger partial charge in [0, 0.05) is 0 Å². The molecule has 0 aromatic carbocycles. The smallest absolute Gasteiger partial charge is 0.577 e. The predicted octanol–water partition coefficient (Wildman–Crippen LogP) is -5.19. The summed E-state index contributed by atoms with van der Waals surface area (Å²) in [5.74, 6) is 0. The molecule has 0 amide bonds. The summed E-state index contributed by atoms with van der Waals surface area (Å²) in [6.07, 6.45) is 0. The molecule has 0 aromatic heterocycles. The van der Waals surface area contributed by atoms with E-state index in [1.807, 2.05) is 0 Å². The standard InChI is InChI=1S/5CN.Fe.NO.2Na/c5*1-2;;1-2;;/q5*-1;+2;-1;2*+1. The van der Waals surface area contributed by atoms with Crippen LogP contribution in [0.2, 0.25) is 0 Å². The SMILES string of the molecule is [C-]#N.[C-]#N.[C-]#N.[C-]#N.[C-]#N.[Fe+2].[N-]=O.[Na+].[Na+]. The summed E-state index contributed by atoms with van der Waals surface area (Å²) >= 11 is 0. The van der Waals surface area contributed by atoms with E-state index in [0.717, 1.165) is 0 Å². The molecule has 15 heavy (non-hydrogen) atoms. The maximum Gasteiger partial charge on any atom is 2.00 e. The number of hydrogen-bond acceptors (Lipinski definition) is 6. The average molecular weight is 262 g/mol. The van der Waals surface area contributed by atoms with Crippen molar-refractivity contribution in [1.82, 2.24) is 0 Å². The molecule has 0 saturated heterocycles. The van der Waals surface area contributed by atoms with Crippen LogP contribution in [0.5, 0.6) is 0 Å². The average Bonchev–Trinajstić information content (AvgIpc) is 2.33. The van der Waals surface area contributed by atoms with Crippen molar-refractivity contribution in [3.8, 4) is 0 Å². The molecule has 0 radical (unpaired) electrons. The minimum absolute atomic E-state index is 0. The second kappa shape index (κ2) is 11600. The fourth-order valence-corrected chi connectivity index (χ4v) is 0. The van der Waals surface area contributed by atoms with E-state index < -0.39 is 0 Å². The normalized spacial score (nSPS) is 0.933. The van der Waals surface area contributed by atoms with Gasteiger partial charge in [0.05, 0.1) is 0 Å². The Morgan fingerprint density at radius 2 is 0.533 bits per heavy atom. The predicted molar refractivity (Wildman–Crippen MR) is 31.6 cm³/mol. The number of nitroso groups, excluding NO2 is 1. The van der Waals surface area contributed by atoms with Crippen LogP contribution in [0, 0.1) is 64.1 Å². The molecule has 0 bridgehead atoms. The van der Waals surface area contributed by atoms with Gasteiger partial charge in [-0.2, -0.15) is 0 Å². The van der Waals surface area contributed by atoms with Crippen molar-refractivity contribution in [2.75, 3.05) is 0 Å². The Hall–Kier alpha value is -0.431. The molecule has 0 heterocycles. The summed E-state index contributed by atoms with van der Waals surface area (Å²) in [4.78, 5) is 7.25. The quantitative estimate of drug-likeness (QED) is 0.313. The van der Waals surface area contributed by atoms with Gasteiger partial charge in [-0.05, 0) is 0 Å². The van der Waals surface area contributed by atoms with Crippen LogP contribution in [0.1, 0.15) is 0 Å². The van der Waals surface area contributed by atoms with E-state index in [-0.39, 0.29) is 76.2 Å². The first-order chi connectivity index (χ1) is 6.00. The number of hydrogen-bond donors (Lipinski definition) is 0. The molecular weight excluding hydrogens is 262 g/mol. The maximum atomic E-state index is 7.25. The summed E-state index contributed by atoms with van der Waals surface area (Å²) in [7, 11) is 0. The van der Waals surface area contributed by atoms with Crippen molar-refractivity contribution in [3.63, 3.8) is 0 Å². The molecule has 0 aliphatic rings. The largest absolute Gasteiger partial charge is 2.00 e. The Labute approximate surface area is 144 Å². The number of rotatable bonds is 0. The van der Waals surface area contributed by atoms with Crippen LogP contribution >= 0.6 is 0 Å². The molecule has 0 spiro atoms. The van der Waals surface area contributed by atoms with E-state index in [4.69, 9.17) is 69.7 Å². The van der Waals surface area contributed by atoms with E-state index >= 15 is 0 Å². The monoisotopic (exact) mass is 262 g/mol. The summed E-state index contributed by atoms with van der Waals surface area (Å²) in [5.41, 5.74) is 5.75. The summed E-state index contributed by atoms with van der Waals surface area (Å²) < 4.78 is 0. The number of nitrogens with zero attached hydrogens (tertiary/aromatic N) is 6. The van der Waals surface area contributed by atoms with Crippen LogP contribution in [0.25, 0.3) is 5.59 Å². The van der Waals surface area contributed by atoms with Gasteiger partial charge in [-0.25, -0.2) is 0 Å². The molecule has 0 N–H and O–H groups in total. The zero-order chi connectivity index (χ0) is 12.0. The van der Waals surface area contributed by atoms with Gasteiger partial charge >= 0.3 is 76.2 Å². The van der Waals surface area contributed by atoms with Gasteiger partial charge in [0.1, 0.15) is 0 Å². The minimum atomic E-state index is 0. The fourth-order valence-electron chi connectivity index (χ4n) is 0. The van der Waals surface area contributed by atoms with Crippen LogP contribution in [-0.4, -0.2) is 0 Å². The fraction of sp³-hybridized carbons (Fsp3) is 0. The molecule has 7 nitrogen and oxygen atoms in total. The third-order valence-corrected chi connectivity index (χ3v) is 0. The van der Waals surface area contributed by atoms with Crippen LogP contribution in [0.15, 0.2) is 0 Å². The van der Waals surface area contributed by atoms with E-state index in [0.29, 0.717) is 0 Å². The van der Waals surface area contributed by atoms with Gasteiger partial charge in [0.15, 0.2) is 0 Å². The van der Waals surface area contributed by atoms with Crippen molar-refractivity contribution >= 4 is 0 Å². The first-order valence-corrected chi connectivity index (χ1v) is 1.30. The van der Waals surface area contributed by atoms with Crippen molar-refractivity contribution in [3.05, 3.63) is 43.4 Å².